The number of carbonyl (C=O) groups is 1. The van der Waals surface area contributed by atoms with Crippen molar-refractivity contribution in [2.45, 2.75) is 26.9 Å². The summed E-state index contributed by atoms with van der Waals surface area (Å²) in [6, 6.07) is 8.73. The van der Waals surface area contributed by atoms with Crippen molar-refractivity contribution in [3.63, 3.8) is 0 Å². The van der Waals surface area contributed by atoms with Crippen LogP contribution < -0.4 is 10.7 Å². The molecule has 138 valence electrons. The number of rotatable bonds is 5. The average molecular weight is 363 g/mol. The standard InChI is InChI=1S/C19H20F3N3O/c1-12-7-13(2)18(14(3)8-12)23-11-17(26)25-24-10-15-5-4-6-16(9-15)19(20,21)22/h4-10,23H,11H2,1-3H3,(H,25,26)/b24-10-. The van der Waals surface area contributed by atoms with E-state index in [9.17, 15) is 18.0 Å². The van der Waals surface area contributed by atoms with Crippen molar-refractivity contribution in [1.29, 1.82) is 0 Å². The molecular weight excluding hydrogens is 343 g/mol. The molecule has 0 saturated carbocycles. The monoisotopic (exact) mass is 363 g/mol. The molecule has 0 aliphatic carbocycles. The van der Waals surface area contributed by atoms with E-state index in [4.69, 9.17) is 0 Å². The summed E-state index contributed by atoms with van der Waals surface area (Å²) in [5, 5.41) is 6.76. The molecule has 0 aliphatic heterocycles. The number of alkyl halides is 3. The van der Waals surface area contributed by atoms with Gasteiger partial charge in [0.1, 0.15) is 0 Å². The molecule has 0 aromatic heterocycles. The maximum atomic E-state index is 12.6. The second kappa shape index (κ2) is 8.03. The van der Waals surface area contributed by atoms with E-state index in [1.807, 2.05) is 32.9 Å². The molecule has 0 atom stereocenters. The van der Waals surface area contributed by atoms with Gasteiger partial charge in [-0.2, -0.15) is 18.3 Å². The fourth-order valence-corrected chi connectivity index (χ4v) is 2.64. The Morgan fingerprint density at radius 2 is 1.77 bits per heavy atom. The molecule has 0 aliphatic rings. The van der Waals surface area contributed by atoms with Crippen molar-refractivity contribution in [3.8, 4) is 0 Å². The van der Waals surface area contributed by atoms with Gasteiger partial charge in [0, 0.05) is 5.69 Å². The second-order valence-corrected chi connectivity index (χ2v) is 6.04. The van der Waals surface area contributed by atoms with Gasteiger partial charge in [0.25, 0.3) is 5.91 Å². The summed E-state index contributed by atoms with van der Waals surface area (Å²) in [5.74, 6) is -0.396. The number of halogens is 3. The van der Waals surface area contributed by atoms with E-state index >= 15 is 0 Å². The summed E-state index contributed by atoms with van der Waals surface area (Å²) in [4.78, 5) is 11.9. The zero-order valence-electron chi connectivity index (χ0n) is 14.7. The molecule has 0 unspecified atom stereocenters. The highest BCUT2D eigenvalue weighted by Crippen LogP contribution is 2.29. The number of aryl methyl sites for hydroxylation is 3. The molecule has 2 aromatic rings. The maximum absolute atomic E-state index is 12.6. The first kappa shape index (κ1) is 19.5. The van der Waals surface area contributed by atoms with Crippen LogP contribution in [-0.4, -0.2) is 18.7 Å². The summed E-state index contributed by atoms with van der Waals surface area (Å²) in [6.45, 7) is 5.90. The van der Waals surface area contributed by atoms with Crippen LogP contribution in [0.4, 0.5) is 18.9 Å². The highest BCUT2D eigenvalue weighted by Gasteiger charge is 2.30. The van der Waals surface area contributed by atoms with Crippen molar-refractivity contribution in [1.82, 2.24) is 5.43 Å². The number of nitrogens with zero attached hydrogens (tertiary/aromatic N) is 1. The number of hydrazone groups is 1. The Balaban J connectivity index is 1.92. The zero-order chi connectivity index (χ0) is 19.3. The molecule has 0 radical (unpaired) electrons. The fourth-order valence-electron chi connectivity index (χ4n) is 2.64. The van der Waals surface area contributed by atoms with Gasteiger partial charge in [-0.05, 0) is 49.6 Å². The zero-order valence-corrected chi connectivity index (χ0v) is 14.7. The predicted molar refractivity (Wildman–Crippen MR) is 96.3 cm³/mol. The van der Waals surface area contributed by atoms with Gasteiger partial charge in [-0.1, -0.05) is 29.8 Å². The third-order valence-corrected chi connectivity index (χ3v) is 3.72. The number of amides is 1. The number of nitrogens with one attached hydrogen (secondary N) is 2. The Hall–Kier alpha value is -2.83. The first-order valence-electron chi connectivity index (χ1n) is 7.97. The minimum Gasteiger partial charge on any atom is -0.376 e. The van der Waals surface area contributed by atoms with Crippen LogP contribution in [0.25, 0.3) is 0 Å². The van der Waals surface area contributed by atoms with Crippen molar-refractivity contribution in [2.75, 3.05) is 11.9 Å². The van der Waals surface area contributed by atoms with Crippen LogP contribution in [0.1, 0.15) is 27.8 Å². The van der Waals surface area contributed by atoms with Crippen LogP contribution >= 0.6 is 0 Å². The van der Waals surface area contributed by atoms with Crippen LogP contribution in [0.2, 0.25) is 0 Å². The van der Waals surface area contributed by atoms with Gasteiger partial charge in [-0.15, -0.1) is 0 Å². The van der Waals surface area contributed by atoms with Gasteiger partial charge in [-0.3, -0.25) is 4.79 Å². The summed E-state index contributed by atoms with van der Waals surface area (Å²) in [6.07, 6.45) is -3.24. The van der Waals surface area contributed by atoms with E-state index in [2.05, 4.69) is 15.8 Å². The van der Waals surface area contributed by atoms with Gasteiger partial charge in [-0.25, -0.2) is 5.43 Å². The van der Waals surface area contributed by atoms with Crippen molar-refractivity contribution in [3.05, 3.63) is 64.2 Å². The molecule has 0 spiro atoms. The molecule has 26 heavy (non-hydrogen) atoms. The highest BCUT2D eigenvalue weighted by atomic mass is 19.4. The summed E-state index contributed by atoms with van der Waals surface area (Å²) in [5.41, 5.74) is 5.86. The summed E-state index contributed by atoms with van der Waals surface area (Å²) < 4.78 is 37.9. The Kier molecular flexibility index (Phi) is 6.02. The quantitative estimate of drug-likeness (QED) is 0.618. The van der Waals surface area contributed by atoms with Crippen molar-refractivity contribution in [2.24, 2.45) is 5.10 Å². The lowest BCUT2D eigenvalue weighted by molar-refractivity contribution is -0.137. The molecule has 0 bridgehead atoms. The number of benzene rings is 2. The maximum Gasteiger partial charge on any atom is 0.416 e. The minimum atomic E-state index is -4.42. The minimum absolute atomic E-state index is 0.00463. The van der Waals surface area contributed by atoms with Gasteiger partial charge in [0.15, 0.2) is 0 Å². The third kappa shape index (κ3) is 5.34. The number of carbonyl (C=O) groups excluding carboxylic acids is 1. The highest BCUT2D eigenvalue weighted by molar-refractivity contribution is 5.84. The lowest BCUT2D eigenvalue weighted by Crippen LogP contribution is -2.26. The smallest absolute Gasteiger partial charge is 0.376 e. The summed E-state index contributed by atoms with van der Waals surface area (Å²) >= 11 is 0. The van der Waals surface area contributed by atoms with Gasteiger partial charge >= 0.3 is 6.18 Å². The summed E-state index contributed by atoms with van der Waals surface area (Å²) in [7, 11) is 0. The lowest BCUT2D eigenvalue weighted by atomic mass is 10.1. The Labute approximate surface area is 150 Å². The number of hydrogen-bond donors (Lipinski definition) is 2. The van der Waals surface area contributed by atoms with Crippen molar-refractivity contribution >= 4 is 17.8 Å². The van der Waals surface area contributed by atoms with Gasteiger partial charge < -0.3 is 5.32 Å². The SMILES string of the molecule is Cc1cc(C)c(NCC(=O)N/N=C\c2cccc(C(F)(F)F)c2)c(C)c1. The van der Waals surface area contributed by atoms with Crippen LogP contribution in [0.3, 0.4) is 0 Å². The number of anilines is 1. The molecule has 2 rings (SSSR count). The van der Waals surface area contributed by atoms with Crippen LogP contribution in [0, 0.1) is 20.8 Å². The first-order chi connectivity index (χ1) is 12.2. The molecule has 0 heterocycles. The largest absolute Gasteiger partial charge is 0.416 e. The number of hydrogen-bond acceptors (Lipinski definition) is 3. The molecule has 0 saturated heterocycles. The van der Waals surface area contributed by atoms with Crippen LogP contribution in [-0.2, 0) is 11.0 Å². The molecule has 2 N–H and O–H groups in total. The first-order valence-corrected chi connectivity index (χ1v) is 7.97. The molecule has 0 fully saturated rings. The Morgan fingerprint density at radius 3 is 2.38 bits per heavy atom. The van der Waals surface area contributed by atoms with E-state index in [0.29, 0.717) is 0 Å². The molecule has 7 heteroatoms. The van der Waals surface area contributed by atoms with Crippen LogP contribution in [0.15, 0.2) is 41.5 Å². The Morgan fingerprint density at radius 1 is 1.12 bits per heavy atom. The molecule has 4 nitrogen and oxygen atoms in total. The average Bonchev–Trinajstić information content (AvgIpc) is 2.53. The van der Waals surface area contributed by atoms with E-state index in [0.717, 1.165) is 34.5 Å². The van der Waals surface area contributed by atoms with E-state index < -0.39 is 17.6 Å². The van der Waals surface area contributed by atoms with Crippen LogP contribution in [0.5, 0.6) is 0 Å². The van der Waals surface area contributed by atoms with E-state index in [1.54, 1.807) is 0 Å². The van der Waals surface area contributed by atoms with E-state index in [1.165, 1.54) is 18.3 Å². The predicted octanol–water partition coefficient (Wildman–Crippen LogP) is 4.19. The molecular formula is C19H20F3N3O. The fraction of sp³-hybridized carbons (Fsp3) is 0.263. The van der Waals surface area contributed by atoms with Gasteiger partial charge in [0.05, 0.1) is 18.3 Å². The third-order valence-electron chi connectivity index (χ3n) is 3.72. The van der Waals surface area contributed by atoms with E-state index in [-0.39, 0.29) is 12.1 Å². The second-order valence-electron chi connectivity index (χ2n) is 6.04. The normalized spacial score (nSPS) is 11.6. The van der Waals surface area contributed by atoms with Crippen molar-refractivity contribution < 1.29 is 18.0 Å². The molecule has 1 amide bonds. The Bertz CT molecular complexity index is 806. The topological polar surface area (TPSA) is 53.5 Å². The van der Waals surface area contributed by atoms with Gasteiger partial charge in [0.2, 0.25) is 0 Å². The molecule has 2 aromatic carbocycles. The lowest BCUT2D eigenvalue weighted by Gasteiger charge is -2.13.